The van der Waals surface area contributed by atoms with Crippen molar-refractivity contribution in [1.29, 1.82) is 0 Å². The lowest BCUT2D eigenvalue weighted by Crippen LogP contribution is -1.85. The fourth-order valence-electron chi connectivity index (χ4n) is 2.00. The van der Waals surface area contributed by atoms with Gasteiger partial charge in [-0.3, -0.25) is 0 Å². The van der Waals surface area contributed by atoms with E-state index in [1.54, 1.807) is 6.07 Å². The van der Waals surface area contributed by atoms with Crippen LogP contribution in [-0.4, -0.2) is 9.38 Å². The number of nitrogens with zero attached hydrogens (tertiary/aromatic N) is 2. The highest BCUT2D eigenvalue weighted by molar-refractivity contribution is 7.98. The van der Waals surface area contributed by atoms with E-state index in [0.29, 0.717) is 10.6 Å². The Morgan fingerprint density at radius 3 is 2.80 bits per heavy atom. The Labute approximate surface area is 119 Å². The van der Waals surface area contributed by atoms with Gasteiger partial charge in [0, 0.05) is 23.0 Å². The van der Waals surface area contributed by atoms with Crippen LogP contribution < -0.4 is 0 Å². The second-order valence-corrected chi connectivity index (χ2v) is 5.57. The number of benzene rings is 1. The summed E-state index contributed by atoms with van der Waals surface area (Å²) in [4.78, 5) is 5.23. The van der Waals surface area contributed by atoms with Gasteiger partial charge in [-0.05, 0) is 36.8 Å². The minimum absolute atomic E-state index is 0.617. The van der Waals surface area contributed by atoms with Crippen LogP contribution >= 0.6 is 11.8 Å². The average molecular weight is 290 g/mol. The first-order valence-electron chi connectivity index (χ1n) is 6.14. The fourth-order valence-corrected chi connectivity index (χ4v) is 2.80. The molecule has 0 atom stereocenters. The molecular weight excluding hydrogens is 278 g/mol. The van der Waals surface area contributed by atoms with Crippen LogP contribution in [0.3, 0.4) is 0 Å². The maximum Gasteiger partial charge on any atom is 0.159 e. The van der Waals surface area contributed by atoms with Crippen molar-refractivity contribution in [2.75, 3.05) is 0 Å². The van der Waals surface area contributed by atoms with Gasteiger partial charge in [0.05, 0.1) is 5.69 Å². The third-order valence-corrected chi connectivity index (χ3v) is 4.03. The molecule has 2 heterocycles. The lowest BCUT2D eigenvalue weighted by Gasteiger charge is -2.00. The molecule has 0 bridgehead atoms. The molecule has 2 aromatic heterocycles. The summed E-state index contributed by atoms with van der Waals surface area (Å²) in [6.45, 7) is 2.01. The number of halogens is 2. The Morgan fingerprint density at radius 2 is 2.05 bits per heavy atom. The topological polar surface area (TPSA) is 17.3 Å². The van der Waals surface area contributed by atoms with E-state index in [4.69, 9.17) is 0 Å². The minimum Gasteiger partial charge on any atom is -0.307 e. The van der Waals surface area contributed by atoms with Crippen molar-refractivity contribution in [2.45, 2.75) is 17.6 Å². The largest absolute Gasteiger partial charge is 0.307 e. The highest BCUT2D eigenvalue weighted by Crippen LogP contribution is 2.24. The molecule has 0 radical (unpaired) electrons. The molecule has 5 heteroatoms. The monoisotopic (exact) mass is 290 g/mol. The van der Waals surface area contributed by atoms with Crippen molar-refractivity contribution in [1.82, 2.24) is 9.38 Å². The van der Waals surface area contributed by atoms with Crippen molar-refractivity contribution in [3.63, 3.8) is 0 Å². The van der Waals surface area contributed by atoms with Crippen LogP contribution in [0.25, 0.3) is 5.65 Å². The van der Waals surface area contributed by atoms with Gasteiger partial charge in [0.1, 0.15) is 5.65 Å². The quantitative estimate of drug-likeness (QED) is 0.672. The summed E-state index contributed by atoms with van der Waals surface area (Å²) < 4.78 is 27.9. The van der Waals surface area contributed by atoms with Gasteiger partial charge in [-0.15, -0.1) is 11.8 Å². The summed E-state index contributed by atoms with van der Waals surface area (Å²) in [5, 5.41) is 0. The molecule has 2 nitrogen and oxygen atoms in total. The van der Waals surface area contributed by atoms with E-state index < -0.39 is 11.6 Å². The molecule has 3 aromatic rings. The molecule has 0 amide bonds. The van der Waals surface area contributed by atoms with Gasteiger partial charge in [-0.25, -0.2) is 13.8 Å². The Balaban J connectivity index is 1.79. The predicted molar refractivity (Wildman–Crippen MR) is 75.8 cm³/mol. The number of aromatic nitrogens is 2. The predicted octanol–water partition coefficient (Wildman–Crippen LogP) is 4.21. The standard InChI is InChI=1S/C15H12F2N2S/c1-10-3-2-6-19-8-11(18-15(10)19)9-20-12-4-5-13(16)14(17)7-12/h2-8H,9H2,1H3. The summed E-state index contributed by atoms with van der Waals surface area (Å²) in [5.74, 6) is -1.02. The Bertz CT molecular complexity index is 768. The number of thioether (sulfide) groups is 1. The number of aryl methyl sites for hydroxylation is 1. The fraction of sp³-hybridized carbons (Fsp3) is 0.133. The smallest absolute Gasteiger partial charge is 0.159 e. The first-order valence-corrected chi connectivity index (χ1v) is 7.13. The molecule has 0 N–H and O–H groups in total. The summed E-state index contributed by atoms with van der Waals surface area (Å²) >= 11 is 1.43. The SMILES string of the molecule is Cc1cccn2cc(CSc3ccc(F)c(F)c3)nc12. The molecule has 102 valence electrons. The lowest BCUT2D eigenvalue weighted by atomic mass is 10.3. The van der Waals surface area contributed by atoms with Crippen molar-refractivity contribution in [3.05, 3.63) is 65.6 Å². The molecular formula is C15H12F2N2S. The van der Waals surface area contributed by atoms with E-state index in [1.807, 2.05) is 35.9 Å². The summed E-state index contributed by atoms with van der Waals surface area (Å²) in [5.41, 5.74) is 2.94. The molecule has 1 aromatic carbocycles. The zero-order valence-corrected chi connectivity index (χ0v) is 11.6. The maximum absolute atomic E-state index is 13.1. The Kier molecular flexibility index (Phi) is 3.44. The second-order valence-electron chi connectivity index (χ2n) is 4.52. The van der Waals surface area contributed by atoms with Gasteiger partial charge in [0.15, 0.2) is 11.6 Å². The van der Waals surface area contributed by atoms with Crippen LogP contribution in [0.1, 0.15) is 11.3 Å². The van der Waals surface area contributed by atoms with Crippen LogP contribution in [0.5, 0.6) is 0 Å². The van der Waals surface area contributed by atoms with E-state index >= 15 is 0 Å². The lowest BCUT2D eigenvalue weighted by molar-refractivity contribution is 0.506. The molecule has 0 aliphatic heterocycles. The van der Waals surface area contributed by atoms with Crippen LogP contribution in [0.2, 0.25) is 0 Å². The van der Waals surface area contributed by atoms with Gasteiger partial charge in [0.25, 0.3) is 0 Å². The summed E-state index contributed by atoms with van der Waals surface area (Å²) in [6.07, 6.45) is 3.90. The zero-order chi connectivity index (χ0) is 14.1. The Morgan fingerprint density at radius 1 is 1.20 bits per heavy atom. The molecule has 0 saturated carbocycles. The molecule has 0 aliphatic rings. The number of pyridine rings is 1. The third kappa shape index (κ3) is 2.54. The number of imidazole rings is 1. The third-order valence-electron chi connectivity index (χ3n) is 3.01. The first kappa shape index (κ1) is 13.1. The molecule has 0 unspecified atom stereocenters. The van der Waals surface area contributed by atoms with Gasteiger partial charge < -0.3 is 4.40 Å². The summed E-state index contributed by atoms with van der Waals surface area (Å²) in [7, 11) is 0. The van der Waals surface area contributed by atoms with Gasteiger partial charge in [0.2, 0.25) is 0 Å². The van der Waals surface area contributed by atoms with Crippen LogP contribution in [0.15, 0.2) is 47.6 Å². The molecule has 0 aliphatic carbocycles. The highest BCUT2D eigenvalue weighted by atomic mass is 32.2. The van der Waals surface area contributed by atoms with E-state index in [1.165, 1.54) is 17.8 Å². The van der Waals surface area contributed by atoms with E-state index in [2.05, 4.69) is 4.98 Å². The maximum atomic E-state index is 13.1. The second kappa shape index (κ2) is 5.25. The van der Waals surface area contributed by atoms with Gasteiger partial charge >= 0.3 is 0 Å². The van der Waals surface area contributed by atoms with Gasteiger partial charge in [-0.1, -0.05) is 6.07 Å². The van der Waals surface area contributed by atoms with E-state index in [0.717, 1.165) is 23.0 Å². The number of rotatable bonds is 3. The molecule has 0 spiro atoms. The van der Waals surface area contributed by atoms with Crippen molar-refractivity contribution >= 4 is 17.4 Å². The zero-order valence-electron chi connectivity index (χ0n) is 10.8. The van der Waals surface area contributed by atoms with Crippen molar-refractivity contribution < 1.29 is 8.78 Å². The van der Waals surface area contributed by atoms with E-state index in [-0.39, 0.29) is 0 Å². The summed E-state index contributed by atoms with van der Waals surface area (Å²) in [6, 6.07) is 7.90. The number of hydrogen-bond donors (Lipinski definition) is 0. The number of hydrogen-bond acceptors (Lipinski definition) is 2. The average Bonchev–Trinajstić information content (AvgIpc) is 2.85. The molecule has 0 fully saturated rings. The molecule has 20 heavy (non-hydrogen) atoms. The minimum atomic E-state index is -0.822. The first-order chi connectivity index (χ1) is 9.63. The molecule has 3 rings (SSSR count). The highest BCUT2D eigenvalue weighted by Gasteiger charge is 2.06. The normalized spacial score (nSPS) is 11.2. The van der Waals surface area contributed by atoms with Crippen molar-refractivity contribution in [3.8, 4) is 0 Å². The Hall–Kier alpha value is -1.88. The van der Waals surface area contributed by atoms with Crippen LogP contribution in [-0.2, 0) is 5.75 Å². The molecule has 0 saturated heterocycles. The van der Waals surface area contributed by atoms with E-state index in [9.17, 15) is 8.78 Å². The van der Waals surface area contributed by atoms with Crippen molar-refractivity contribution in [2.24, 2.45) is 0 Å². The van der Waals surface area contributed by atoms with Crippen LogP contribution in [0.4, 0.5) is 8.78 Å². The number of fused-ring (bicyclic) bond motifs is 1. The van der Waals surface area contributed by atoms with Crippen LogP contribution in [0, 0.1) is 18.6 Å². The van der Waals surface area contributed by atoms with Gasteiger partial charge in [-0.2, -0.15) is 0 Å².